The first kappa shape index (κ1) is 13.4. The van der Waals surface area contributed by atoms with Crippen molar-refractivity contribution in [2.45, 2.75) is 12.8 Å². The maximum Gasteiger partial charge on any atom is 0.337 e. The van der Waals surface area contributed by atoms with Crippen molar-refractivity contribution in [3.63, 3.8) is 0 Å². The highest BCUT2D eigenvalue weighted by Gasteiger charge is 2.48. The van der Waals surface area contributed by atoms with Gasteiger partial charge in [-0.05, 0) is 31.0 Å². The molecule has 1 aliphatic rings. The Kier molecular flexibility index (Phi) is 3.44. The van der Waals surface area contributed by atoms with Crippen LogP contribution in [0.15, 0.2) is 18.2 Å². The summed E-state index contributed by atoms with van der Waals surface area (Å²) >= 11 is 0. The van der Waals surface area contributed by atoms with Crippen molar-refractivity contribution < 1.29 is 19.4 Å². The number of carbonyl (C=O) groups is 2. The van der Waals surface area contributed by atoms with Crippen molar-refractivity contribution in [2.24, 2.45) is 11.1 Å². The third-order valence-electron chi connectivity index (χ3n) is 3.43. The SMILES string of the molecule is COc1ccc(NC(=O)C2(CN)CC2)c(C(=O)O)c1. The van der Waals surface area contributed by atoms with Crippen LogP contribution in [-0.4, -0.2) is 30.6 Å². The van der Waals surface area contributed by atoms with Crippen molar-refractivity contribution in [2.75, 3.05) is 19.0 Å². The van der Waals surface area contributed by atoms with E-state index in [4.69, 9.17) is 15.6 Å². The summed E-state index contributed by atoms with van der Waals surface area (Å²) < 4.78 is 4.97. The van der Waals surface area contributed by atoms with Crippen LogP contribution in [-0.2, 0) is 4.79 Å². The number of nitrogens with two attached hydrogens (primary N) is 1. The molecule has 0 saturated heterocycles. The maximum absolute atomic E-state index is 12.0. The highest BCUT2D eigenvalue weighted by Crippen LogP contribution is 2.45. The second-order valence-electron chi connectivity index (χ2n) is 4.66. The largest absolute Gasteiger partial charge is 0.497 e. The van der Waals surface area contributed by atoms with Gasteiger partial charge in [-0.3, -0.25) is 4.79 Å². The van der Waals surface area contributed by atoms with Gasteiger partial charge in [-0.2, -0.15) is 0 Å². The van der Waals surface area contributed by atoms with Crippen LogP contribution >= 0.6 is 0 Å². The third-order valence-corrected chi connectivity index (χ3v) is 3.43. The van der Waals surface area contributed by atoms with Gasteiger partial charge in [0.2, 0.25) is 5.91 Å². The Morgan fingerprint density at radius 3 is 2.63 bits per heavy atom. The lowest BCUT2D eigenvalue weighted by Gasteiger charge is -2.14. The summed E-state index contributed by atoms with van der Waals surface area (Å²) in [6.45, 7) is 0.275. The van der Waals surface area contributed by atoms with Crippen LogP contribution in [0.5, 0.6) is 5.75 Å². The van der Waals surface area contributed by atoms with Crippen LogP contribution in [0.25, 0.3) is 0 Å². The van der Waals surface area contributed by atoms with E-state index in [1.807, 2.05) is 0 Å². The highest BCUT2D eigenvalue weighted by atomic mass is 16.5. The molecule has 0 bridgehead atoms. The number of ether oxygens (including phenoxy) is 1. The second-order valence-corrected chi connectivity index (χ2v) is 4.66. The number of hydrogen-bond donors (Lipinski definition) is 3. The molecule has 6 heteroatoms. The minimum Gasteiger partial charge on any atom is -0.497 e. The van der Waals surface area contributed by atoms with Gasteiger partial charge in [-0.25, -0.2) is 4.79 Å². The van der Waals surface area contributed by atoms with E-state index in [1.165, 1.54) is 19.2 Å². The van der Waals surface area contributed by atoms with Gasteiger partial charge in [0.1, 0.15) is 5.75 Å². The molecule has 0 aliphatic heterocycles. The number of amides is 1. The summed E-state index contributed by atoms with van der Waals surface area (Å²) in [4.78, 5) is 23.2. The number of rotatable bonds is 5. The number of hydrogen-bond acceptors (Lipinski definition) is 4. The Balaban J connectivity index is 2.25. The fourth-order valence-electron chi connectivity index (χ4n) is 1.87. The second kappa shape index (κ2) is 4.89. The zero-order valence-corrected chi connectivity index (χ0v) is 10.6. The quantitative estimate of drug-likeness (QED) is 0.738. The molecule has 0 radical (unpaired) electrons. The average molecular weight is 264 g/mol. The Labute approximate surface area is 110 Å². The molecule has 1 aromatic rings. The molecule has 0 heterocycles. The first-order chi connectivity index (χ1) is 9.02. The molecule has 102 valence electrons. The van der Waals surface area contributed by atoms with Crippen molar-refractivity contribution in [1.82, 2.24) is 0 Å². The monoisotopic (exact) mass is 264 g/mol. The average Bonchev–Trinajstić information content (AvgIpc) is 3.20. The number of carboxylic acid groups (broad SMARTS) is 1. The predicted molar refractivity (Wildman–Crippen MR) is 69.3 cm³/mol. The number of benzene rings is 1. The van der Waals surface area contributed by atoms with Gasteiger partial charge in [0, 0.05) is 6.54 Å². The molecule has 6 nitrogen and oxygen atoms in total. The molecule has 4 N–H and O–H groups in total. The van der Waals surface area contributed by atoms with Crippen LogP contribution in [0.2, 0.25) is 0 Å². The van der Waals surface area contributed by atoms with E-state index in [0.717, 1.165) is 12.8 Å². The molecule has 1 amide bonds. The molecule has 0 spiro atoms. The van der Waals surface area contributed by atoms with Crippen molar-refractivity contribution in [3.05, 3.63) is 23.8 Å². The van der Waals surface area contributed by atoms with Crippen LogP contribution in [0.4, 0.5) is 5.69 Å². The summed E-state index contributed by atoms with van der Waals surface area (Å²) in [5.74, 6) is -0.912. The summed E-state index contributed by atoms with van der Waals surface area (Å²) in [5, 5.41) is 11.8. The van der Waals surface area contributed by atoms with Crippen LogP contribution in [0.1, 0.15) is 23.2 Å². The Morgan fingerprint density at radius 2 is 2.16 bits per heavy atom. The number of aromatic carboxylic acids is 1. The molecule has 2 rings (SSSR count). The molecule has 1 saturated carbocycles. The van der Waals surface area contributed by atoms with Crippen LogP contribution in [0, 0.1) is 5.41 Å². The summed E-state index contributed by atoms with van der Waals surface area (Å²) in [6, 6.07) is 4.50. The fourth-order valence-corrected chi connectivity index (χ4v) is 1.87. The minimum atomic E-state index is -1.12. The van der Waals surface area contributed by atoms with Gasteiger partial charge >= 0.3 is 5.97 Å². The molecule has 1 aliphatic carbocycles. The molecule has 0 unspecified atom stereocenters. The van der Waals surface area contributed by atoms with Gasteiger partial charge in [0.05, 0.1) is 23.8 Å². The van der Waals surface area contributed by atoms with E-state index in [2.05, 4.69) is 5.32 Å². The van der Waals surface area contributed by atoms with E-state index in [-0.39, 0.29) is 23.7 Å². The maximum atomic E-state index is 12.0. The fraction of sp³-hybridized carbons (Fsp3) is 0.385. The van der Waals surface area contributed by atoms with Gasteiger partial charge in [0.15, 0.2) is 0 Å². The number of nitrogens with one attached hydrogen (secondary N) is 1. The smallest absolute Gasteiger partial charge is 0.337 e. The standard InChI is InChI=1S/C13H16N2O4/c1-19-8-2-3-10(9(6-8)11(16)17)15-12(18)13(7-14)4-5-13/h2-3,6H,4-5,7,14H2,1H3,(H,15,18)(H,16,17). The molecule has 1 aromatic carbocycles. The van der Waals surface area contributed by atoms with E-state index in [0.29, 0.717) is 5.75 Å². The van der Waals surface area contributed by atoms with Crippen molar-refractivity contribution >= 4 is 17.6 Å². The van der Waals surface area contributed by atoms with Gasteiger partial charge in [-0.1, -0.05) is 0 Å². The lowest BCUT2D eigenvalue weighted by atomic mass is 10.1. The first-order valence-electron chi connectivity index (χ1n) is 5.95. The molecular formula is C13H16N2O4. The Bertz CT molecular complexity index is 523. The summed E-state index contributed by atoms with van der Waals surface area (Å²) in [7, 11) is 1.45. The summed E-state index contributed by atoms with van der Waals surface area (Å²) in [5.41, 5.74) is 5.31. The predicted octanol–water partition coefficient (Wildman–Crippen LogP) is 1.07. The molecular weight excluding hydrogens is 248 g/mol. The zero-order valence-electron chi connectivity index (χ0n) is 10.6. The zero-order chi connectivity index (χ0) is 14.0. The van der Waals surface area contributed by atoms with E-state index < -0.39 is 11.4 Å². The lowest BCUT2D eigenvalue weighted by molar-refractivity contribution is -0.120. The van der Waals surface area contributed by atoms with Crippen LogP contribution in [0.3, 0.4) is 0 Å². The van der Waals surface area contributed by atoms with Crippen LogP contribution < -0.4 is 15.8 Å². The molecule has 0 atom stereocenters. The normalized spacial score (nSPS) is 15.7. The molecule has 19 heavy (non-hydrogen) atoms. The lowest BCUT2D eigenvalue weighted by Crippen LogP contribution is -2.31. The van der Waals surface area contributed by atoms with E-state index >= 15 is 0 Å². The third kappa shape index (κ3) is 2.53. The minimum absolute atomic E-state index is 0.000483. The first-order valence-corrected chi connectivity index (χ1v) is 5.95. The van der Waals surface area contributed by atoms with E-state index in [1.54, 1.807) is 6.07 Å². The van der Waals surface area contributed by atoms with Gasteiger partial charge in [0.25, 0.3) is 0 Å². The van der Waals surface area contributed by atoms with Crippen molar-refractivity contribution in [1.29, 1.82) is 0 Å². The Hall–Kier alpha value is -2.08. The summed E-state index contributed by atoms with van der Waals surface area (Å²) in [6.07, 6.45) is 1.49. The number of carbonyl (C=O) groups excluding carboxylic acids is 1. The van der Waals surface area contributed by atoms with Crippen molar-refractivity contribution in [3.8, 4) is 5.75 Å². The van der Waals surface area contributed by atoms with Gasteiger partial charge < -0.3 is 20.9 Å². The number of anilines is 1. The molecule has 1 fully saturated rings. The number of carboxylic acids is 1. The highest BCUT2D eigenvalue weighted by molar-refractivity contribution is 6.03. The number of methoxy groups -OCH3 is 1. The topological polar surface area (TPSA) is 102 Å². The van der Waals surface area contributed by atoms with E-state index in [9.17, 15) is 9.59 Å². The molecule has 0 aromatic heterocycles. The Morgan fingerprint density at radius 1 is 1.47 bits per heavy atom. The van der Waals surface area contributed by atoms with Gasteiger partial charge in [-0.15, -0.1) is 0 Å².